The molecule has 0 amide bonds. The zero-order valence-corrected chi connectivity index (χ0v) is 17.5. The number of carbonyl (C=O) groups is 1. The highest BCUT2D eigenvalue weighted by Crippen LogP contribution is 2.38. The normalized spacial score (nSPS) is 17.5. The maximum atomic E-state index is 14.3. The van der Waals surface area contributed by atoms with Gasteiger partial charge in [0.05, 0.1) is 17.5 Å². The third-order valence-corrected chi connectivity index (χ3v) is 7.35. The molecule has 1 atom stereocenters. The molecule has 0 bridgehead atoms. The van der Waals surface area contributed by atoms with Crippen molar-refractivity contribution in [2.45, 2.75) is 37.6 Å². The van der Waals surface area contributed by atoms with Gasteiger partial charge in [0.25, 0.3) is 0 Å². The molecular formula is C22H22FNO5S. The largest absolute Gasteiger partial charge is 0.460 e. The van der Waals surface area contributed by atoms with Crippen LogP contribution in [0.2, 0.25) is 0 Å². The van der Waals surface area contributed by atoms with Gasteiger partial charge in [0.2, 0.25) is 15.8 Å². The van der Waals surface area contributed by atoms with Gasteiger partial charge < -0.3 is 9.15 Å². The number of rotatable bonds is 5. The predicted octanol–water partition coefficient (Wildman–Crippen LogP) is 4.58. The number of ether oxygens (including phenoxy) is 1. The average molecular weight is 431 g/mol. The molecule has 0 aliphatic carbocycles. The van der Waals surface area contributed by atoms with E-state index in [1.807, 2.05) is 0 Å². The highest BCUT2D eigenvalue weighted by atomic mass is 32.2. The molecular weight excluding hydrogens is 409 g/mol. The van der Waals surface area contributed by atoms with Crippen LogP contribution < -0.4 is 0 Å². The van der Waals surface area contributed by atoms with Crippen molar-refractivity contribution in [2.24, 2.45) is 0 Å². The summed E-state index contributed by atoms with van der Waals surface area (Å²) in [5.74, 6) is -0.939. The summed E-state index contributed by atoms with van der Waals surface area (Å²) in [5, 5.41) is 0.528. The molecule has 2 aromatic carbocycles. The Morgan fingerprint density at radius 2 is 2.03 bits per heavy atom. The summed E-state index contributed by atoms with van der Waals surface area (Å²) >= 11 is 0. The first kappa shape index (κ1) is 20.6. The van der Waals surface area contributed by atoms with E-state index in [1.54, 1.807) is 32.0 Å². The van der Waals surface area contributed by atoms with Crippen LogP contribution in [0.4, 0.5) is 4.39 Å². The van der Waals surface area contributed by atoms with E-state index in [4.69, 9.17) is 9.15 Å². The number of hydrogen-bond acceptors (Lipinski definition) is 5. The SMILES string of the molecule is CCOC(=O)c1oc2ccc(S(=O)(=O)N3CCC[C@H]3c3ccccc3F)cc2c1C. The van der Waals surface area contributed by atoms with E-state index in [-0.39, 0.29) is 17.3 Å². The van der Waals surface area contributed by atoms with Gasteiger partial charge in [0.15, 0.2) is 0 Å². The lowest BCUT2D eigenvalue weighted by Crippen LogP contribution is -2.31. The van der Waals surface area contributed by atoms with Crippen LogP contribution in [-0.4, -0.2) is 31.8 Å². The molecule has 0 radical (unpaired) electrons. The summed E-state index contributed by atoms with van der Waals surface area (Å²) in [4.78, 5) is 12.2. The molecule has 1 fully saturated rings. The summed E-state index contributed by atoms with van der Waals surface area (Å²) in [7, 11) is -3.87. The van der Waals surface area contributed by atoms with Crippen LogP contribution >= 0.6 is 0 Å². The van der Waals surface area contributed by atoms with Gasteiger partial charge in [-0.1, -0.05) is 18.2 Å². The summed E-state index contributed by atoms with van der Waals surface area (Å²) in [6.45, 7) is 3.91. The number of aryl methyl sites for hydroxylation is 1. The van der Waals surface area contributed by atoms with E-state index in [9.17, 15) is 17.6 Å². The van der Waals surface area contributed by atoms with Crippen molar-refractivity contribution in [1.29, 1.82) is 0 Å². The molecule has 2 heterocycles. The number of esters is 1. The molecule has 30 heavy (non-hydrogen) atoms. The number of furan rings is 1. The standard InChI is InChI=1S/C22H22FNO5S/c1-3-28-22(25)21-14(2)17-13-15(10-11-20(17)29-21)30(26,27)24-12-6-9-19(24)16-7-4-5-8-18(16)23/h4-5,7-8,10-11,13,19H,3,6,9,12H2,1-2H3/t19-/m0/s1. The van der Waals surface area contributed by atoms with Crippen molar-refractivity contribution >= 4 is 27.0 Å². The summed E-state index contributed by atoms with van der Waals surface area (Å²) in [6.07, 6.45) is 1.21. The van der Waals surface area contributed by atoms with Gasteiger partial charge in [-0.3, -0.25) is 0 Å². The zero-order valence-electron chi connectivity index (χ0n) is 16.7. The lowest BCUT2D eigenvalue weighted by atomic mass is 10.1. The minimum atomic E-state index is -3.87. The highest BCUT2D eigenvalue weighted by Gasteiger charge is 2.37. The first-order valence-electron chi connectivity index (χ1n) is 9.81. The number of fused-ring (bicyclic) bond motifs is 1. The summed E-state index contributed by atoms with van der Waals surface area (Å²) in [5.41, 5.74) is 1.30. The van der Waals surface area contributed by atoms with Crippen molar-refractivity contribution in [3.63, 3.8) is 0 Å². The van der Waals surface area contributed by atoms with E-state index in [0.29, 0.717) is 41.5 Å². The Balaban J connectivity index is 1.74. The number of benzene rings is 2. The van der Waals surface area contributed by atoms with E-state index in [0.717, 1.165) is 0 Å². The third kappa shape index (κ3) is 3.40. The zero-order chi connectivity index (χ0) is 21.5. The maximum Gasteiger partial charge on any atom is 0.374 e. The lowest BCUT2D eigenvalue weighted by molar-refractivity contribution is 0.0491. The van der Waals surface area contributed by atoms with E-state index < -0.39 is 27.9 Å². The molecule has 1 aromatic heterocycles. The Bertz CT molecular complexity index is 1220. The van der Waals surface area contributed by atoms with Crippen LogP contribution in [0.25, 0.3) is 11.0 Å². The van der Waals surface area contributed by atoms with Crippen LogP contribution in [0.5, 0.6) is 0 Å². The molecule has 6 nitrogen and oxygen atoms in total. The van der Waals surface area contributed by atoms with Gasteiger partial charge in [0.1, 0.15) is 11.4 Å². The second-order valence-corrected chi connectivity index (χ2v) is 9.12. The second-order valence-electron chi connectivity index (χ2n) is 7.23. The molecule has 1 saturated heterocycles. The fourth-order valence-corrected chi connectivity index (χ4v) is 5.67. The van der Waals surface area contributed by atoms with Crippen LogP contribution in [-0.2, 0) is 14.8 Å². The van der Waals surface area contributed by atoms with Crippen LogP contribution in [0.3, 0.4) is 0 Å². The molecule has 3 aromatic rings. The number of nitrogens with zero attached hydrogens (tertiary/aromatic N) is 1. The molecule has 1 aliphatic heterocycles. The number of halogens is 1. The fraction of sp³-hybridized carbons (Fsp3) is 0.318. The van der Waals surface area contributed by atoms with Crippen LogP contribution in [0.1, 0.15) is 47.5 Å². The van der Waals surface area contributed by atoms with Crippen molar-refractivity contribution in [2.75, 3.05) is 13.2 Å². The molecule has 0 N–H and O–H groups in total. The molecule has 158 valence electrons. The predicted molar refractivity (Wildman–Crippen MR) is 109 cm³/mol. The molecule has 0 spiro atoms. The van der Waals surface area contributed by atoms with Crippen LogP contribution in [0.15, 0.2) is 51.8 Å². The third-order valence-electron chi connectivity index (χ3n) is 5.44. The smallest absolute Gasteiger partial charge is 0.374 e. The number of hydrogen-bond donors (Lipinski definition) is 0. The first-order chi connectivity index (χ1) is 14.3. The van der Waals surface area contributed by atoms with Crippen molar-refractivity contribution in [1.82, 2.24) is 4.31 Å². The first-order valence-corrected chi connectivity index (χ1v) is 11.2. The van der Waals surface area contributed by atoms with Crippen molar-refractivity contribution in [3.05, 3.63) is 65.2 Å². The molecule has 1 aliphatic rings. The maximum absolute atomic E-state index is 14.3. The molecule has 8 heteroatoms. The average Bonchev–Trinajstić information content (AvgIpc) is 3.34. The van der Waals surface area contributed by atoms with E-state index in [2.05, 4.69) is 0 Å². The fourth-order valence-electron chi connectivity index (χ4n) is 3.97. The van der Waals surface area contributed by atoms with Gasteiger partial charge in [-0.15, -0.1) is 0 Å². The minimum absolute atomic E-state index is 0.0619. The van der Waals surface area contributed by atoms with Gasteiger partial charge in [-0.2, -0.15) is 4.31 Å². The quantitative estimate of drug-likeness (QED) is 0.553. The van der Waals surface area contributed by atoms with Gasteiger partial charge in [-0.05, 0) is 51.0 Å². The summed E-state index contributed by atoms with van der Waals surface area (Å²) < 4.78 is 53.1. The topological polar surface area (TPSA) is 76.8 Å². The Hall–Kier alpha value is -2.71. The minimum Gasteiger partial charge on any atom is -0.460 e. The van der Waals surface area contributed by atoms with Crippen molar-refractivity contribution in [3.8, 4) is 0 Å². The van der Waals surface area contributed by atoms with E-state index >= 15 is 0 Å². The second kappa shape index (κ2) is 7.85. The number of sulfonamides is 1. The monoisotopic (exact) mass is 431 g/mol. The molecule has 0 saturated carbocycles. The van der Waals surface area contributed by atoms with Gasteiger partial charge in [0, 0.05) is 23.1 Å². The highest BCUT2D eigenvalue weighted by molar-refractivity contribution is 7.89. The number of carbonyl (C=O) groups excluding carboxylic acids is 1. The molecule has 4 rings (SSSR count). The Morgan fingerprint density at radius 1 is 1.27 bits per heavy atom. The van der Waals surface area contributed by atoms with Gasteiger partial charge >= 0.3 is 5.97 Å². The van der Waals surface area contributed by atoms with Crippen LogP contribution in [0, 0.1) is 12.7 Å². The Labute approximate surface area is 174 Å². The Morgan fingerprint density at radius 3 is 2.77 bits per heavy atom. The summed E-state index contributed by atoms with van der Waals surface area (Å²) in [6, 6.07) is 10.2. The molecule has 0 unspecified atom stereocenters. The Kier molecular flexibility index (Phi) is 5.38. The lowest BCUT2D eigenvalue weighted by Gasteiger charge is -2.24. The van der Waals surface area contributed by atoms with Crippen molar-refractivity contribution < 1.29 is 26.8 Å². The van der Waals surface area contributed by atoms with Gasteiger partial charge in [-0.25, -0.2) is 17.6 Å². The van der Waals surface area contributed by atoms with E-state index in [1.165, 1.54) is 28.6 Å².